The number of pyridine rings is 1. The van der Waals surface area contributed by atoms with Crippen LogP contribution in [0.1, 0.15) is 44.6 Å². The highest BCUT2D eigenvalue weighted by Gasteiger charge is 2.21. The Hall–Kier alpha value is -3.36. The number of aryl methyl sites for hydroxylation is 1. The first kappa shape index (κ1) is 21.5. The lowest BCUT2D eigenvalue weighted by Crippen LogP contribution is -2.42. The molecule has 5 heterocycles. The van der Waals surface area contributed by atoms with Crippen LogP contribution in [0.4, 0.5) is 0 Å². The van der Waals surface area contributed by atoms with Crippen molar-refractivity contribution in [2.75, 3.05) is 13.1 Å². The van der Waals surface area contributed by atoms with E-state index in [1.54, 1.807) is 12.4 Å². The van der Waals surface area contributed by atoms with Crippen LogP contribution in [0.3, 0.4) is 0 Å². The maximum atomic E-state index is 12.5. The first-order chi connectivity index (χ1) is 16.1. The summed E-state index contributed by atoms with van der Waals surface area (Å²) >= 11 is 1.51. The maximum absolute atomic E-state index is 12.5. The Morgan fingerprint density at radius 1 is 1.03 bits per heavy atom. The van der Waals surface area contributed by atoms with Crippen LogP contribution in [0.2, 0.25) is 0 Å². The van der Waals surface area contributed by atoms with Gasteiger partial charge in [0.2, 0.25) is 0 Å². The molecule has 0 aromatic carbocycles. The Labute approximate surface area is 196 Å². The van der Waals surface area contributed by atoms with Gasteiger partial charge in [-0.25, -0.2) is 24.9 Å². The van der Waals surface area contributed by atoms with Crippen molar-refractivity contribution in [3.05, 3.63) is 87.5 Å². The Balaban J connectivity index is 1.26. The van der Waals surface area contributed by atoms with Gasteiger partial charge in [-0.15, -0.1) is 11.3 Å². The van der Waals surface area contributed by atoms with Crippen LogP contribution in [-0.2, 0) is 12.8 Å². The highest BCUT2D eigenvalue weighted by Crippen LogP contribution is 2.21. The van der Waals surface area contributed by atoms with Crippen molar-refractivity contribution in [1.29, 1.82) is 0 Å². The van der Waals surface area contributed by atoms with Gasteiger partial charge in [-0.05, 0) is 67.2 Å². The summed E-state index contributed by atoms with van der Waals surface area (Å²) in [4.78, 5) is 36.0. The van der Waals surface area contributed by atoms with Crippen LogP contribution >= 0.6 is 11.3 Å². The van der Waals surface area contributed by atoms with Gasteiger partial charge in [-0.3, -0.25) is 4.79 Å². The molecule has 0 unspecified atom stereocenters. The molecule has 5 rings (SSSR count). The smallest absolute Gasteiger partial charge is 0.178 e. The van der Waals surface area contributed by atoms with Crippen LogP contribution in [0.5, 0.6) is 0 Å². The van der Waals surface area contributed by atoms with Crippen molar-refractivity contribution in [1.82, 2.24) is 30.2 Å². The van der Waals surface area contributed by atoms with Crippen LogP contribution in [-0.4, -0.2) is 43.8 Å². The number of hydrogen-bond donors (Lipinski definition) is 1. The molecule has 1 aliphatic heterocycles. The average Bonchev–Trinajstić information content (AvgIpc) is 3.25. The van der Waals surface area contributed by atoms with E-state index in [9.17, 15) is 4.79 Å². The monoisotopic (exact) mass is 456 g/mol. The van der Waals surface area contributed by atoms with Gasteiger partial charge in [0.15, 0.2) is 11.6 Å². The summed E-state index contributed by atoms with van der Waals surface area (Å²) in [6.07, 6.45) is 5.35. The van der Waals surface area contributed by atoms with E-state index in [0.29, 0.717) is 31.0 Å². The minimum atomic E-state index is 0.232. The molecule has 166 valence electrons. The predicted molar refractivity (Wildman–Crippen MR) is 127 cm³/mol. The summed E-state index contributed by atoms with van der Waals surface area (Å²) in [5.41, 5.74) is 4.53. The molecule has 1 N–H and O–H groups in total. The number of carbonyl (C=O) groups excluding carboxylic acids is 1. The fraction of sp³-hybridized carbons (Fsp3) is 0.280. The molecule has 4 aromatic heterocycles. The Morgan fingerprint density at radius 3 is 2.64 bits per heavy atom. The van der Waals surface area contributed by atoms with Gasteiger partial charge >= 0.3 is 0 Å². The molecule has 0 saturated carbocycles. The Bertz CT molecular complexity index is 1280. The summed E-state index contributed by atoms with van der Waals surface area (Å²) in [7, 11) is 0. The van der Waals surface area contributed by atoms with E-state index >= 15 is 0 Å². The zero-order valence-electron chi connectivity index (χ0n) is 18.4. The summed E-state index contributed by atoms with van der Waals surface area (Å²) in [6.45, 7) is 3.84. The van der Waals surface area contributed by atoms with E-state index < -0.39 is 0 Å². The van der Waals surface area contributed by atoms with Gasteiger partial charge < -0.3 is 5.32 Å². The lowest BCUT2D eigenvalue weighted by atomic mass is 9.96. The lowest BCUT2D eigenvalue weighted by Gasteiger charge is -2.25. The SMILES string of the molecule is Cc1cccc(-c2nccc(Cc3ccnc(Cc4csc(C(=O)CC5CNC5)c4)n3)n2)n1. The molecule has 0 amide bonds. The summed E-state index contributed by atoms with van der Waals surface area (Å²) in [5.74, 6) is 2.06. The summed E-state index contributed by atoms with van der Waals surface area (Å²) in [5, 5.41) is 5.25. The molecular formula is C25H24N6OS. The van der Waals surface area contributed by atoms with Crippen LogP contribution in [0.15, 0.2) is 54.2 Å². The largest absolute Gasteiger partial charge is 0.316 e. The zero-order valence-corrected chi connectivity index (χ0v) is 19.2. The number of carbonyl (C=O) groups is 1. The van der Waals surface area contributed by atoms with Gasteiger partial charge in [-0.1, -0.05) is 6.07 Å². The number of thiophene rings is 1. The molecule has 8 heteroatoms. The molecule has 33 heavy (non-hydrogen) atoms. The number of ketones is 1. The number of Topliss-reactive ketones (excluding diaryl/α,β-unsaturated/α-hetero) is 1. The molecule has 7 nitrogen and oxygen atoms in total. The highest BCUT2D eigenvalue weighted by molar-refractivity contribution is 7.12. The van der Waals surface area contributed by atoms with Gasteiger partial charge in [0.05, 0.1) is 16.3 Å². The molecule has 1 aliphatic rings. The zero-order chi connectivity index (χ0) is 22.6. The fourth-order valence-electron chi connectivity index (χ4n) is 3.75. The second-order valence-electron chi connectivity index (χ2n) is 8.32. The first-order valence-electron chi connectivity index (χ1n) is 11.0. The van der Waals surface area contributed by atoms with Gasteiger partial charge in [0, 0.05) is 37.4 Å². The average molecular weight is 457 g/mol. The van der Waals surface area contributed by atoms with Crippen LogP contribution in [0.25, 0.3) is 11.5 Å². The van der Waals surface area contributed by atoms with E-state index in [-0.39, 0.29) is 5.78 Å². The van der Waals surface area contributed by atoms with Gasteiger partial charge in [0.25, 0.3) is 0 Å². The van der Waals surface area contributed by atoms with Crippen molar-refractivity contribution in [3.63, 3.8) is 0 Å². The third-order valence-electron chi connectivity index (χ3n) is 5.59. The second-order valence-corrected chi connectivity index (χ2v) is 9.24. The summed E-state index contributed by atoms with van der Waals surface area (Å²) in [6, 6.07) is 11.6. The number of rotatable bonds is 8. The minimum absolute atomic E-state index is 0.232. The van der Waals surface area contributed by atoms with Gasteiger partial charge in [0.1, 0.15) is 11.5 Å². The van der Waals surface area contributed by atoms with Crippen molar-refractivity contribution >= 4 is 17.1 Å². The second kappa shape index (κ2) is 9.64. The fourth-order valence-corrected chi connectivity index (χ4v) is 4.61. The Morgan fingerprint density at radius 2 is 1.85 bits per heavy atom. The minimum Gasteiger partial charge on any atom is -0.316 e. The number of hydrogen-bond acceptors (Lipinski definition) is 8. The van der Waals surface area contributed by atoms with E-state index in [1.807, 2.05) is 48.7 Å². The molecule has 0 bridgehead atoms. The standard InChI is InChI=1S/C25H24N6OS/c1-16-3-2-4-21(29-16)25-28-8-6-20(31-25)12-19-5-7-27-24(30-19)11-17-10-23(33-15-17)22(32)9-18-13-26-14-18/h2-8,10,15,18,26H,9,11-14H2,1H3. The van der Waals surface area contributed by atoms with Crippen molar-refractivity contribution in [2.24, 2.45) is 5.92 Å². The third-order valence-corrected chi connectivity index (χ3v) is 6.61. The molecule has 1 saturated heterocycles. The molecule has 0 spiro atoms. The highest BCUT2D eigenvalue weighted by atomic mass is 32.1. The topological polar surface area (TPSA) is 93.6 Å². The third kappa shape index (κ3) is 5.35. The van der Waals surface area contributed by atoms with E-state index in [0.717, 1.165) is 52.1 Å². The number of nitrogens with zero attached hydrogens (tertiary/aromatic N) is 5. The predicted octanol–water partition coefficient (Wildman–Crippen LogP) is 3.67. The lowest BCUT2D eigenvalue weighted by molar-refractivity contribution is 0.0949. The molecule has 0 radical (unpaired) electrons. The van der Waals surface area contributed by atoms with Crippen molar-refractivity contribution in [3.8, 4) is 11.5 Å². The quantitative estimate of drug-likeness (QED) is 0.404. The van der Waals surface area contributed by atoms with Crippen molar-refractivity contribution < 1.29 is 4.79 Å². The molecule has 4 aromatic rings. The normalized spacial score (nSPS) is 13.6. The number of aromatic nitrogens is 5. The van der Waals surface area contributed by atoms with Crippen LogP contribution < -0.4 is 5.32 Å². The molecular weight excluding hydrogens is 432 g/mol. The van der Waals surface area contributed by atoms with Gasteiger partial charge in [-0.2, -0.15) is 0 Å². The first-order valence-corrected chi connectivity index (χ1v) is 11.9. The van der Waals surface area contributed by atoms with Crippen molar-refractivity contribution in [2.45, 2.75) is 26.2 Å². The number of nitrogens with one attached hydrogen (secondary N) is 1. The maximum Gasteiger partial charge on any atom is 0.178 e. The Kier molecular flexibility index (Phi) is 6.28. The molecule has 0 aliphatic carbocycles. The van der Waals surface area contributed by atoms with E-state index in [1.165, 1.54) is 11.3 Å². The molecule has 1 fully saturated rings. The van der Waals surface area contributed by atoms with E-state index in [2.05, 4.69) is 25.3 Å². The van der Waals surface area contributed by atoms with Crippen LogP contribution in [0, 0.1) is 12.8 Å². The van der Waals surface area contributed by atoms with E-state index in [4.69, 9.17) is 4.98 Å². The molecule has 0 atom stereocenters. The summed E-state index contributed by atoms with van der Waals surface area (Å²) < 4.78 is 0.